The molecule has 7 rings (SSSR count). The van der Waals surface area contributed by atoms with E-state index in [1.54, 1.807) is 32.7 Å². The zero-order chi connectivity index (χ0) is 28.8. The molecule has 0 N–H and O–H groups in total. The Bertz CT molecular complexity index is 1830. The maximum atomic E-state index is 13.2. The van der Waals surface area contributed by atoms with Crippen molar-refractivity contribution in [3.63, 3.8) is 0 Å². The number of hydrogen-bond acceptors (Lipinski definition) is 8. The molecule has 0 radical (unpaired) electrons. The van der Waals surface area contributed by atoms with Gasteiger partial charge in [0.25, 0.3) is 0 Å². The molecule has 4 heterocycles. The fourth-order valence-electron chi connectivity index (χ4n) is 5.81. The van der Waals surface area contributed by atoms with Crippen molar-refractivity contribution in [3.05, 3.63) is 125 Å². The van der Waals surface area contributed by atoms with Crippen LogP contribution in [0.3, 0.4) is 0 Å². The van der Waals surface area contributed by atoms with Gasteiger partial charge in [0.05, 0.1) is 45.4 Å². The molecular formula is C32H22N4O2S4. The number of fused-ring (bicyclic) bond motifs is 2. The van der Waals surface area contributed by atoms with Crippen LogP contribution in [0.4, 0.5) is 0 Å². The van der Waals surface area contributed by atoms with Gasteiger partial charge in [0, 0.05) is 33.1 Å². The van der Waals surface area contributed by atoms with E-state index in [1.165, 1.54) is 22.7 Å². The monoisotopic (exact) mass is 622 g/mol. The van der Waals surface area contributed by atoms with Gasteiger partial charge < -0.3 is 0 Å². The molecule has 0 amide bonds. The van der Waals surface area contributed by atoms with Gasteiger partial charge in [-0.15, -0.1) is 23.5 Å². The number of hydrogen-bond donors (Lipinski definition) is 0. The van der Waals surface area contributed by atoms with Crippen LogP contribution in [0.15, 0.2) is 105 Å². The molecular weight excluding hydrogens is 601 g/mol. The van der Waals surface area contributed by atoms with E-state index in [1.807, 2.05) is 84.9 Å². The molecule has 0 aliphatic carbocycles. The zero-order valence-corrected chi connectivity index (χ0v) is 25.3. The standard InChI is InChI=1S/C32H22N4O2S4/c33-15-21-17-39-29-27(41-31(37)35(29)23-7-3-1-4-8-23)25(21)19-11-13-20(14-12-19)26-22(16-34)18-40-30-28(26)42-32(38)36(30)24-9-5-2-6-10-24/h1-14,21-22,25-26H,17-18H2. The van der Waals surface area contributed by atoms with Crippen molar-refractivity contribution in [1.82, 2.24) is 9.13 Å². The summed E-state index contributed by atoms with van der Waals surface area (Å²) in [5, 5.41) is 22.0. The van der Waals surface area contributed by atoms with Crippen molar-refractivity contribution in [2.24, 2.45) is 11.8 Å². The third-order valence-corrected chi connectivity index (χ3v) is 12.5. The van der Waals surface area contributed by atoms with Crippen LogP contribution in [-0.4, -0.2) is 20.6 Å². The van der Waals surface area contributed by atoms with Gasteiger partial charge in [-0.05, 0) is 35.4 Å². The molecule has 2 aromatic heterocycles. The van der Waals surface area contributed by atoms with Crippen molar-refractivity contribution in [3.8, 4) is 23.5 Å². The lowest BCUT2D eigenvalue weighted by atomic mass is 9.83. The van der Waals surface area contributed by atoms with Crippen LogP contribution >= 0.6 is 46.2 Å². The maximum Gasteiger partial charge on any atom is 0.312 e. The summed E-state index contributed by atoms with van der Waals surface area (Å²) < 4.78 is 3.52. The Balaban J connectivity index is 1.29. The molecule has 0 saturated heterocycles. The number of nitrogens with zero attached hydrogens (tertiary/aromatic N) is 4. The molecule has 4 unspecified atom stereocenters. The zero-order valence-electron chi connectivity index (χ0n) is 22.0. The average molecular weight is 623 g/mol. The van der Waals surface area contributed by atoms with E-state index < -0.39 is 0 Å². The van der Waals surface area contributed by atoms with E-state index in [9.17, 15) is 20.1 Å². The van der Waals surface area contributed by atoms with Gasteiger partial charge in [-0.3, -0.25) is 18.7 Å². The van der Waals surface area contributed by atoms with Gasteiger partial charge >= 0.3 is 9.75 Å². The Labute approximate surface area is 258 Å². The summed E-state index contributed by atoms with van der Waals surface area (Å²) in [6.07, 6.45) is 0. The number of aromatic nitrogens is 2. The Hall–Kier alpha value is -3.80. The minimum atomic E-state index is -0.273. The Morgan fingerprint density at radius 1 is 0.595 bits per heavy atom. The molecule has 0 saturated carbocycles. The molecule has 206 valence electrons. The van der Waals surface area contributed by atoms with E-state index in [2.05, 4.69) is 12.1 Å². The molecule has 2 aliphatic heterocycles. The van der Waals surface area contributed by atoms with Crippen LogP contribution in [0.2, 0.25) is 0 Å². The van der Waals surface area contributed by atoms with Crippen LogP contribution in [-0.2, 0) is 0 Å². The quantitative estimate of drug-likeness (QED) is 0.217. The first-order valence-electron chi connectivity index (χ1n) is 13.4. The first-order valence-corrected chi connectivity index (χ1v) is 17.0. The minimum absolute atomic E-state index is 0.0548. The summed E-state index contributed by atoms with van der Waals surface area (Å²) in [5.74, 6) is 0.208. The molecule has 0 fully saturated rings. The summed E-state index contributed by atoms with van der Waals surface area (Å²) in [7, 11) is 0. The Morgan fingerprint density at radius 3 is 1.33 bits per heavy atom. The van der Waals surface area contributed by atoms with Gasteiger partial charge in [-0.2, -0.15) is 10.5 Å². The summed E-state index contributed by atoms with van der Waals surface area (Å²) in [6, 6.07) is 32.4. The molecule has 5 aromatic rings. The molecule has 42 heavy (non-hydrogen) atoms. The van der Waals surface area contributed by atoms with E-state index >= 15 is 0 Å². The average Bonchev–Trinajstić information content (AvgIpc) is 3.56. The molecule has 0 bridgehead atoms. The van der Waals surface area contributed by atoms with Gasteiger partial charge in [-0.1, -0.05) is 83.3 Å². The second-order valence-corrected chi connectivity index (χ2v) is 14.1. The van der Waals surface area contributed by atoms with Crippen molar-refractivity contribution in [1.29, 1.82) is 10.5 Å². The normalized spacial score (nSPS) is 21.1. The highest BCUT2D eigenvalue weighted by molar-refractivity contribution is 7.99. The lowest BCUT2D eigenvalue weighted by Gasteiger charge is -2.29. The summed E-state index contributed by atoms with van der Waals surface area (Å²) in [4.78, 5) is 28.1. The predicted octanol–water partition coefficient (Wildman–Crippen LogP) is 6.87. The topological polar surface area (TPSA) is 91.6 Å². The van der Waals surface area contributed by atoms with Crippen LogP contribution < -0.4 is 9.75 Å². The lowest BCUT2D eigenvalue weighted by Crippen LogP contribution is -2.22. The van der Waals surface area contributed by atoms with E-state index in [4.69, 9.17) is 0 Å². The third kappa shape index (κ3) is 4.47. The first kappa shape index (κ1) is 27.1. The van der Waals surface area contributed by atoms with Gasteiger partial charge in [0.15, 0.2) is 0 Å². The first-order chi connectivity index (χ1) is 20.6. The third-order valence-electron chi connectivity index (χ3n) is 7.77. The molecule has 3 aromatic carbocycles. The van der Waals surface area contributed by atoms with E-state index in [0.29, 0.717) is 11.5 Å². The number of benzene rings is 3. The highest BCUT2D eigenvalue weighted by atomic mass is 32.2. The summed E-state index contributed by atoms with van der Waals surface area (Å²) in [6.45, 7) is 0. The van der Waals surface area contributed by atoms with Gasteiger partial charge in [0.2, 0.25) is 0 Å². The molecule has 4 atom stereocenters. The number of thioether (sulfide) groups is 2. The predicted molar refractivity (Wildman–Crippen MR) is 170 cm³/mol. The molecule has 10 heteroatoms. The highest BCUT2D eigenvalue weighted by Crippen LogP contribution is 2.49. The van der Waals surface area contributed by atoms with Crippen molar-refractivity contribution < 1.29 is 0 Å². The van der Waals surface area contributed by atoms with Crippen molar-refractivity contribution in [2.45, 2.75) is 21.9 Å². The van der Waals surface area contributed by atoms with Crippen molar-refractivity contribution >= 4 is 46.2 Å². The number of rotatable bonds is 4. The molecule has 2 aliphatic rings. The van der Waals surface area contributed by atoms with Crippen LogP contribution in [0.1, 0.15) is 32.7 Å². The Morgan fingerprint density at radius 2 is 0.976 bits per heavy atom. The van der Waals surface area contributed by atoms with Crippen LogP contribution in [0.5, 0.6) is 0 Å². The number of thiazole rings is 2. The second-order valence-electron chi connectivity index (χ2n) is 10.1. The molecule has 0 spiro atoms. The fourth-order valence-corrected chi connectivity index (χ4v) is 11.1. The fraction of sp³-hybridized carbons (Fsp3) is 0.188. The van der Waals surface area contributed by atoms with Crippen LogP contribution in [0, 0.1) is 34.5 Å². The number of nitriles is 2. The maximum absolute atomic E-state index is 13.2. The minimum Gasteiger partial charge on any atom is -0.262 e. The van der Waals surface area contributed by atoms with Gasteiger partial charge in [0.1, 0.15) is 0 Å². The smallest absolute Gasteiger partial charge is 0.262 e. The number of para-hydroxylation sites is 2. The second kappa shape index (κ2) is 11.1. The lowest BCUT2D eigenvalue weighted by molar-refractivity contribution is 0.616. The highest BCUT2D eigenvalue weighted by Gasteiger charge is 2.38. The van der Waals surface area contributed by atoms with E-state index in [0.717, 1.165) is 42.3 Å². The Kier molecular flexibility index (Phi) is 7.17. The largest absolute Gasteiger partial charge is 0.312 e. The van der Waals surface area contributed by atoms with E-state index in [-0.39, 0.29) is 33.4 Å². The van der Waals surface area contributed by atoms with Crippen LogP contribution in [0.25, 0.3) is 11.4 Å². The van der Waals surface area contributed by atoms with Gasteiger partial charge in [-0.25, -0.2) is 0 Å². The SMILES string of the molecule is N#CC1CSc2c(sc(=O)n2-c2ccccc2)C1c1ccc(C2c3sc(=O)n(-c4ccccc4)c3SCC2C#N)cc1. The molecule has 6 nitrogen and oxygen atoms in total. The summed E-state index contributed by atoms with van der Waals surface area (Å²) in [5.41, 5.74) is 3.60. The summed E-state index contributed by atoms with van der Waals surface area (Å²) >= 11 is 5.57. The van der Waals surface area contributed by atoms with Crippen molar-refractivity contribution in [2.75, 3.05) is 11.5 Å².